The van der Waals surface area contributed by atoms with Crippen molar-refractivity contribution in [1.29, 1.82) is 0 Å². The van der Waals surface area contributed by atoms with Crippen LogP contribution in [-0.2, 0) is 10.0 Å². The number of rotatable bonds is 6. The summed E-state index contributed by atoms with van der Waals surface area (Å²) in [6.45, 7) is 1.50. The lowest BCUT2D eigenvalue weighted by molar-refractivity contribution is 0.405. The third-order valence-corrected chi connectivity index (χ3v) is 4.92. The molecular formula is C15H14BrF2NO4S. The Morgan fingerprint density at radius 2 is 1.83 bits per heavy atom. The normalized spacial score (nSPS) is 11.2. The molecule has 0 amide bonds. The second-order valence-electron chi connectivity index (χ2n) is 4.67. The first kappa shape index (κ1) is 18.5. The van der Waals surface area contributed by atoms with Gasteiger partial charge in [-0.05, 0) is 41.1 Å². The number of nitrogens with one attached hydrogen (secondary N) is 1. The highest BCUT2D eigenvalue weighted by Crippen LogP contribution is 2.39. The van der Waals surface area contributed by atoms with E-state index < -0.39 is 21.7 Å². The Morgan fingerprint density at radius 1 is 1.12 bits per heavy atom. The molecule has 0 aliphatic heterocycles. The van der Waals surface area contributed by atoms with E-state index in [2.05, 4.69) is 20.7 Å². The van der Waals surface area contributed by atoms with E-state index in [0.29, 0.717) is 10.5 Å². The zero-order valence-electron chi connectivity index (χ0n) is 12.8. The summed E-state index contributed by atoms with van der Waals surface area (Å²) in [6, 6.07) is 5.73. The van der Waals surface area contributed by atoms with E-state index in [-0.39, 0.29) is 28.7 Å². The van der Waals surface area contributed by atoms with Gasteiger partial charge in [-0.15, -0.1) is 0 Å². The minimum absolute atomic E-state index is 0.104. The molecule has 0 bridgehead atoms. The quantitative estimate of drug-likeness (QED) is 0.755. The summed E-state index contributed by atoms with van der Waals surface area (Å²) in [6.07, 6.45) is 0. The number of benzene rings is 2. The predicted octanol–water partition coefficient (Wildman–Crippen LogP) is 4.29. The molecule has 0 aromatic heterocycles. The molecule has 2 aromatic carbocycles. The van der Waals surface area contributed by atoms with Crippen molar-refractivity contribution in [3.8, 4) is 17.2 Å². The van der Waals surface area contributed by atoms with Gasteiger partial charge in [-0.1, -0.05) is 0 Å². The third-order valence-electron chi connectivity index (χ3n) is 3.01. The molecule has 24 heavy (non-hydrogen) atoms. The van der Waals surface area contributed by atoms with Crippen LogP contribution in [0.3, 0.4) is 0 Å². The lowest BCUT2D eigenvalue weighted by Crippen LogP contribution is -2.15. The fraction of sp³-hybridized carbons (Fsp3) is 0.200. The van der Waals surface area contributed by atoms with Crippen LogP contribution in [0.4, 0.5) is 14.5 Å². The van der Waals surface area contributed by atoms with Crippen LogP contribution in [0, 0.1) is 11.6 Å². The molecule has 0 spiro atoms. The zero-order chi connectivity index (χ0) is 17.9. The Labute approximate surface area is 146 Å². The maximum atomic E-state index is 13.7. The van der Waals surface area contributed by atoms with Gasteiger partial charge < -0.3 is 9.47 Å². The summed E-state index contributed by atoms with van der Waals surface area (Å²) in [7, 11) is -2.14. The summed E-state index contributed by atoms with van der Waals surface area (Å²) < 4.78 is 63.3. The topological polar surface area (TPSA) is 64.6 Å². The molecule has 0 aliphatic carbocycles. The van der Waals surface area contributed by atoms with Crippen molar-refractivity contribution in [3.05, 3.63) is 46.4 Å². The van der Waals surface area contributed by atoms with Gasteiger partial charge in [0, 0.05) is 12.1 Å². The average molecular weight is 422 g/mol. The molecule has 0 aliphatic rings. The van der Waals surface area contributed by atoms with Gasteiger partial charge in [-0.2, -0.15) is 0 Å². The van der Waals surface area contributed by atoms with Gasteiger partial charge in [-0.3, -0.25) is 4.72 Å². The smallest absolute Gasteiger partial charge is 0.232 e. The Kier molecular flexibility index (Phi) is 5.66. The van der Waals surface area contributed by atoms with E-state index in [0.717, 1.165) is 12.1 Å². The van der Waals surface area contributed by atoms with Gasteiger partial charge in [0.2, 0.25) is 10.0 Å². The number of hydrogen-bond donors (Lipinski definition) is 1. The molecule has 130 valence electrons. The van der Waals surface area contributed by atoms with Crippen LogP contribution < -0.4 is 14.2 Å². The summed E-state index contributed by atoms with van der Waals surface area (Å²) in [5, 5.41) is 0. The number of halogens is 3. The molecular weight excluding hydrogens is 408 g/mol. The largest absolute Gasteiger partial charge is 0.494 e. The summed E-state index contributed by atoms with van der Waals surface area (Å²) >= 11 is 3.22. The maximum absolute atomic E-state index is 13.7. The number of anilines is 1. The highest BCUT2D eigenvalue weighted by Gasteiger charge is 2.16. The summed E-state index contributed by atoms with van der Waals surface area (Å²) in [4.78, 5) is 0. The van der Waals surface area contributed by atoms with E-state index in [1.54, 1.807) is 0 Å². The number of methoxy groups -OCH3 is 1. The first-order valence-electron chi connectivity index (χ1n) is 6.76. The van der Waals surface area contributed by atoms with Crippen LogP contribution in [-0.4, -0.2) is 21.3 Å². The Balaban J connectivity index is 2.39. The minimum atomic E-state index is -3.50. The molecule has 0 saturated heterocycles. The van der Waals surface area contributed by atoms with Crippen molar-refractivity contribution >= 4 is 31.6 Å². The molecule has 0 saturated carbocycles. The molecule has 0 unspecified atom stereocenters. The highest BCUT2D eigenvalue weighted by molar-refractivity contribution is 9.10. The molecule has 0 atom stereocenters. The van der Waals surface area contributed by atoms with E-state index in [1.807, 2.05) is 0 Å². The first-order chi connectivity index (χ1) is 11.3. The standard InChI is InChI=1S/C15H14BrF2NO4S/c1-3-24(20,21)19-12-7-10(16)14(8-15(12)22-2)23-13-5-4-9(17)6-11(13)18/h4-8,19H,3H2,1-2H3. The molecule has 0 heterocycles. The number of sulfonamides is 1. The SMILES string of the molecule is CCS(=O)(=O)Nc1cc(Br)c(Oc2ccc(F)cc2F)cc1OC. The second kappa shape index (κ2) is 7.35. The monoisotopic (exact) mass is 421 g/mol. The van der Waals surface area contributed by atoms with Crippen molar-refractivity contribution in [2.45, 2.75) is 6.92 Å². The highest BCUT2D eigenvalue weighted by atomic mass is 79.9. The Hall–Kier alpha value is -1.87. The first-order valence-corrected chi connectivity index (χ1v) is 9.21. The zero-order valence-corrected chi connectivity index (χ0v) is 15.2. The van der Waals surface area contributed by atoms with Crippen molar-refractivity contribution < 1.29 is 26.7 Å². The molecule has 2 rings (SSSR count). The summed E-state index contributed by atoms with van der Waals surface area (Å²) in [5.74, 6) is -1.50. The number of hydrogen-bond acceptors (Lipinski definition) is 4. The molecule has 0 fully saturated rings. The molecule has 2 aromatic rings. The van der Waals surface area contributed by atoms with E-state index >= 15 is 0 Å². The van der Waals surface area contributed by atoms with Crippen molar-refractivity contribution in [2.24, 2.45) is 0 Å². The van der Waals surface area contributed by atoms with E-state index in [1.165, 1.54) is 26.2 Å². The third kappa shape index (κ3) is 4.35. The van der Waals surface area contributed by atoms with Gasteiger partial charge in [0.1, 0.15) is 17.3 Å². The van der Waals surface area contributed by atoms with E-state index in [4.69, 9.17) is 9.47 Å². The van der Waals surface area contributed by atoms with Crippen LogP contribution in [0.25, 0.3) is 0 Å². The fourth-order valence-electron chi connectivity index (χ4n) is 1.78. The average Bonchev–Trinajstić information content (AvgIpc) is 2.52. The van der Waals surface area contributed by atoms with Crippen molar-refractivity contribution in [1.82, 2.24) is 0 Å². The van der Waals surface area contributed by atoms with Crippen LogP contribution in [0.1, 0.15) is 6.92 Å². The minimum Gasteiger partial charge on any atom is -0.494 e. The number of ether oxygens (including phenoxy) is 2. The maximum Gasteiger partial charge on any atom is 0.232 e. The molecule has 9 heteroatoms. The van der Waals surface area contributed by atoms with Crippen LogP contribution in [0.15, 0.2) is 34.8 Å². The van der Waals surface area contributed by atoms with Gasteiger partial charge in [0.15, 0.2) is 11.6 Å². The molecule has 1 N–H and O–H groups in total. The molecule has 0 radical (unpaired) electrons. The van der Waals surface area contributed by atoms with Gasteiger partial charge in [0.25, 0.3) is 0 Å². The van der Waals surface area contributed by atoms with Gasteiger partial charge in [-0.25, -0.2) is 17.2 Å². The second-order valence-corrected chi connectivity index (χ2v) is 7.53. The van der Waals surface area contributed by atoms with Crippen LogP contribution in [0.2, 0.25) is 0 Å². The summed E-state index contributed by atoms with van der Waals surface area (Å²) in [5.41, 5.74) is 0.207. The fourth-order valence-corrected chi connectivity index (χ4v) is 2.84. The lowest BCUT2D eigenvalue weighted by atomic mass is 10.2. The van der Waals surface area contributed by atoms with Crippen LogP contribution >= 0.6 is 15.9 Å². The Morgan fingerprint density at radius 3 is 2.42 bits per heavy atom. The van der Waals surface area contributed by atoms with Crippen LogP contribution in [0.5, 0.6) is 17.2 Å². The van der Waals surface area contributed by atoms with E-state index in [9.17, 15) is 17.2 Å². The van der Waals surface area contributed by atoms with Crippen molar-refractivity contribution in [3.63, 3.8) is 0 Å². The Bertz CT molecular complexity index is 859. The predicted molar refractivity (Wildman–Crippen MR) is 90.2 cm³/mol. The van der Waals surface area contributed by atoms with Gasteiger partial charge >= 0.3 is 0 Å². The van der Waals surface area contributed by atoms with Crippen molar-refractivity contribution in [2.75, 3.05) is 17.6 Å². The lowest BCUT2D eigenvalue weighted by Gasteiger charge is -2.15. The van der Waals surface area contributed by atoms with Gasteiger partial charge in [0.05, 0.1) is 23.0 Å². The molecule has 5 nitrogen and oxygen atoms in total.